The summed E-state index contributed by atoms with van der Waals surface area (Å²) in [5, 5.41) is 18.2. The molecule has 0 aliphatic carbocycles. The number of benzene rings is 2. The van der Waals surface area contributed by atoms with E-state index in [1.165, 1.54) is 40.0 Å². The van der Waals surface area contributed by atoms with E-state index in [0.29, 0.717) is 34.3 Å². The highest BCUT2D eigenvalue weighted by atomic mass is 32.1. The first-order valence-electron chi connectivity index (χ1n) is 13.0. The number of nitrogens with zero attached hydrogens (tertiary/aromatic N) is 6. The van der Waals surface area contributed by atoms with Gasteiger partial charge in [-0.15, -0.1) is 16.4 Å². The van der Waals surface area contributed by atoms with E-state index in [4.69, 9.17) is 4.74 Å². The molecule has 0 saturated carbocycles. The number of esters is 1. The van der Waals surface area contributed by atoms with Crippen LogP contribution in [0, 0.1) is 11.3 Å². The maximum atomic E-state index is 13.6. The molecule has 2 aromatic heterocycles. The van der Waals surface area contributed by atoms with Crippen molar-refractivity contribution in [2.45, 2.75) is 32.2 Å². The van der Waals surface area contributed by atoms with Crippen LogP contribution >= 0.6 is 11.3 Å². The standard InChI is InChI=1S/C29H26F3N7O3S/c1-17-24(26(40)42-4)25(23-9-8-18(12-33)10-19(23)13-39(2,3)14-21-15-43-16-34-21)38-27(35-36-28(38)41)37(17)22-7-5-6-20(11-22)29(30,31)32/h5-11,15-16,25H,13-14H2,1-4H3/p+1/t25-/m1/s1. The van der Waals surface area contributed by atoms with Gasteiger partial charge in [-0.1, -0.05) is 12.1 Å². The van der Waals surface area contributed by atoms with E-state index in [2.05, 4.69) is 21.3 Å². The van der Waals surface area contributed by atoms with Gasteiger partial charge in [-0.3, -0.25) is 4.90 Å². The summed E-state index contributed by atoms with van der Waals surface area (Å²) in [6.07, 6.45) is -4.62. The number of quaternary nitrogens is 1. The summed E-state index contributed by atoms with van der Waals surface area (Å²) in [5.74, 6) is -0.782. The molecule has 0 unspecified atom stereocenters. The second kappa shape index (κ2) is 11.2. The molecule has 1 atom stereocenters. The highest BCUT2D eigenvalue weighted by Gasteiger charge is 2.41. The Balaban J connectivity index is 1.72. The van der Waals surface area contributed by atoms with Crippen LogP contribution in [-0.4, -0.2) is 51.4 Å². The minimum Gasteiger partial charge on any atom is -0.466 e. The molecule has 222 valence electrons. The van der Waals surface area contributed by atoms with Gasteiger partial charge < -0.3 is 9.22 Å². The number of alkyl halides is 3. The van der Waals surface area contributed by atoms with E-state index < -0.39 is 29.4 Å². The van der Waals surface area contributed by atoms with Gasteiger partial charge >= 0.3 is 17.8 Å². The first-order chi connectivity index (χ1) is 20.3. The number of carbonyl (C=O) groups excluding carboxylic acids is 1. The summed E-state index contributed by atoms with van der Waals surface area (Å²) in [7, 11) is 5.18. The summed E-state index contributed by atoms with van der Waals surface area (Å²) in [5.41, 5.74) is 2.97. The number of fused-ring (bicyclic) bond motifs is 1. The number of hydrogen-bond acceptors (Lipinski definition) is 8. The zero-order valence-corrected chi connectivity index (χ0v) is 24.5. The molecule has 0 spiro atoms. The average molecular weight is 611 g/mol. The Morgan fingerprint density at radius 2 is 1.98 bits per heavy atom. The largest absolute Gasteiger partial charge is 0.466 e. The molecule has 1 aliphatic rings. The first kappa shape index (κ1) is 29.7. The molecule has 1 N–H and O–H groups in total. The van der Waals surface area contributed by atoms with Crippen LogP contribution in [0.4, 0.5) is 24.8 Å². The monoisotopic (exact) mass is 610 g/mol. The number of aromatic nitrogens is 4. The molecule has 0 fully saturated rings. The van der Waals surface area contributed by atoms with Crippen LogP contribution in [0.15, 0.2) is 69.4 Å². The molecule has 4 aromatic rings. The van der Waals surface area contributed by atoms with Gasteiger partial charge in [0, 0.05) is 22.3 Å². The van der Waals surface area contributed by atoms with E-state index in [9.17, 15) is 28.0 Å². The van der Waals surface area contributed by atoms with Crippen molar-refractivity contribution in [3.05, 3.63) is 103 Å². The van der Waals surface area contributed by atoms with Crippen LogP contribution in [0.3, 0.4) is 0 Å². The van der Waals surface area contributed by atoms with Crippen LogP contribution in [-0.2, 0) is 28.8 Å². The maximum absolute atomic E-state index is 13.6. The zero-order chi connectivity index (χ0) is 31.1. The quantitative estimate of drug-likeness (QED) is 0.234. The number of anilines is 2. The Bertz CT molecular complexity index is 1820. The lowest BCUT2D eigenvalue weighted by molar-refractivity contribution is -0.917. The molecule has 0 amide bonds. The summed E-state index contributed by atoms with van der Waals surface area (Å²) < 4.78 is 47.7. The van der Waals surface area contributed by atoms with Crippen molar-refractivity contribution in [1.82, 2.24) is 19.7 Å². The summed E-state index contributed by atoms with van der Waals surface area (Å²) in [6.45, 7) is 2.53. The lowest BCUT2D eigenvalue weighted by Crippen LogP contribution is -2.40. The minimum absolute atomic E-state index is 0.00832. The van der Waals surface area contributed by atoms with Gasteiger partial charge in [-0.05, 0) is 42.8 Å². The molecule has 0 saturated heterocycles. The third-order valence-corrected chi connectivity index (χ3v) is 7.85. The average Bonchev–Trinajstić information content (AvgIpc) is 3.60. The Morgan fingerprint density at radius 3 is 2.63 bits per heavy atom. The molecule has 0 radical (unpaired) electrons. The van der Waals surface area contributed by atoms with Crippen molar-refractivity contribution < 1.29 is 27.2 Å². The van der Waals surface area contributed by atoms with Gasteiger partial charge in [0.05, 0.1) is 49.5 Å². The van der Waals surface area contributed by atoms with Gasteiger partial charge in [-0.2, -0.15) is 18.4 Å². The minimum atomic E-state index is -4.62. The molecule has 5 rings (SSSR count). The number of hydrogen-bond donors (Lipinski definition) is 1. The van der Waals surface area contributed by atoms with Crippen LogP contribution in [0.1, 0.15) is 40.9 Å². The summed E-state index contributed by atoms with van der Waals surface area (Å²) >= 11 is 1.48. The third-order valence-electron chi connectivity index (χ3n) is 7.22. The molecule has 1 aliphatic heterocycles. The van der Waals surface area contributed by atoms with Crippen molar-refractivity contribution in [1.29, 1.82) is 5.26 Å². The number of methoxy groups -OCH3 is 1. The maximum Gasteiger partial charge on any atom is 0.416 e. The number of nitrogens with one attached hydrogen (secondary N) is 1. The number of carbonyl (C=O) groups is 1. The topological polar surface area (TPSA) is 117 Å². The van der Waals surface area contributed by atoms with E-state index in [-0.39, 0.29) is 22.9 Å². The molecular formula is C29H27F3N7O3S+. The van der Waals surface area contributed by atoms with Gasteiger partial charge in [-0.25, -0.2) is 24.2 Å². The Hall–Kier alpha value is -4.74. The van der Waals surface area contributed by atoms with Gasteiger partial charge in [0.1, 0.15) is 24.8 Å². The van der Waals surface area contributed by atoms with Crippen molar-refractivity contribution in [2.75, 3.05) is 26.1 Å². The molecular weight excluding hydrogens is 583 g/mol. The van der Waals surface area contributed by atoms with E-state index in [1.807, 2.05) is 19.5 Å². The second-order valence-corrected chi connectivity index (χ2v) is 11.5. The fourth-order valence-electron chi connectivity index (χ4n) is 5.43. The zero-order valence-electron chi connectivity index (χ0n) is 23.6. The lowest BCUT2D eigenvalue weighted by Gasteiger charge is -2.37. The molecule has 10 nitrogen and oxygen atoms in total. The van der Waals surface area contributed by atoms with Crippen LogP contribution in [0.25, 0.3) is 0 Å². The highest BCUT2D eigenvalue weighted by molar-refractivity contribution is 7.07. The number of rotatable bonds is 7. The number of H-pyrrole nitrogens is 1. The number of ether oxygens (including phenoxy) is 1. The summed E-state index contributed by atoms with van der Waals surface area (Å²) in [4.78, 5) is 32.5. The fraction of sp³-hybridized carbons (Fsp3) is 0.276. The van der Waals surface area contributed by atoms with Gasteiger partial charge in [0.15, 0.2) is 0 Å². The van der Waals surface area contributed by atoms with Crippen molar-refractivity contribution in [2.24, 2.45) is 0 Å². The number of thiazole rings is 1. The third kappa shape index (κ3) is 5.69. The number of halogens is 3. The normalized spacial score (nSPS) is 15.3. The second-order valence-electron chi connectivity index (χ2n) is 10.7. The summed E-state index contributed by atoms with van der Waals surface area (Å²) in [6, 6.07) is 10.6. The van der Waals surface area contributed by atoms with Crippen molar-refractivity contribution in [3.63, 3.8) is 0 Å². The Kier molecular flexibility index (Phi) is 7.72. The van der Waals surface area contributed by atoms with Gasteiger partial charge in [0.2, 0.25) is 5.95 Å². The molecule has 43 heavy (non-hydrogen) atoms. The van der Waals surface area contributed by atoms with Crippen molar-refractivity contribution >= 4 is 28.9 Å². The predicted molar refractivity (Wildman–Crippen MR) is 152 cm³/mol. The first-order valence-corrected chi connectivity index (χ1v) is 13.9. The predicted octanol–water partition coefficient (Wildman–Crippen LogP) is 4.88. The smallest absolute Gasteiger partial charge is 0.416 e. The SMILES string of the molecule is COC(=O)C1=C(C)N(c2cccc(C(F)(F)F)c2)c2n[nH]c(=O)n2[C@@H]1c1ccc(C#N)cc1C[N+](C)(C)Cc1cscn1. The Labute approximate surface area is 248 Å². The number of aromatic amines is 1. The highest BCUT2D eigenvalue weighted by Crippen LogP contribution is 2.44. The molecule has 14 heteroatoms. The van der Waals surface area contributed by atoms with E-state index in [1.54, 1.807) is 30.6 Å². The van der Waals surface area contributed by atoms with E-state index in [0.717, 1.165) is 17.8 Å². The number of nitriles is 1. The Morgan fingerprint density at radius 1 is 1.21 bits per heavy atom. The molecule has 0 bridgehead atoms. The number of allylic oxidation sites excluding steroid dienone is 1. The van der Waals surface area contributed by atoms with Gasteiger partial charge in [0.25, 0.3) is 0 Å². The van der Waals surface area contributed by atoms with Crippen LogP contribution in [0.5, 0.6) is 0 Å². The van der Waals surface area contributed by atoms with Crippen molar-refractivity contribution in [3.8, 4) is 6.07 Å². The molecule has 3 heterocycles. The van der Waals surface area contributed by atoms with E-state index >= 15 is 0 Å². The van der Waals surface area contributed by atoms with Crippen LogP contribution < -0.4 is 10.6 Å². The van der Waals surface area contributed by atoms with Crippen LogP contribution in [0.2, 0.25) is 0 Å². The lowest BCUT2D eigenvalue weighted by atomic mass is 9.89. The fourth-order valence-corrected chi connectivity index (χ4v) is 5.98. The molecule has 2 aromatic carbocycles.